The van der Waals surface area contributed by atoms with Crippen LogP contribution in [0, 0.1) is 17.8 Å². The minimum Gasteiger partial charge on any atom is -0.369 e. The molecule has 1 fully saturated rings. The number of aromatic amines is 1. The van der Waals surface area contributed by atoms with Crippen LogP contribution in [0.3, 0.4) is 0 Å². The van der Waals surface area contributed by atoms with Crippen LogP contribution in [-0.2, 0) is 20.8 Å². The summed E-state index contributed by atoms with van der Waals surface area (Å²) in [6.45, 7) is 0. The molecule has 2 aliphatic rings. The highest BCUT2D eigenvalue weighted by molar-refractivity contribution is 5.87. The molecular weight excluding hydrogens is 424 g/mol. The Hall–Kier alpha value is -4.28. The monoisotopic (exact) mass is 446 g/mol. The summed E-state index contributed by atoms with van der Waals surface area (Å²) in [5.41, 5.74) is 8.29. The molecule has 2 heterocycles. The minimum atomic E-state index is -0.376. The van der Waals surface area contributed by atoms with E-state index in [9.17, 15) is 14.4 Å². The molecule has 3 amide bonds. The van der Waals surface area contributed by atoms with Gasteiger partial charge in [-0.25, -0.2) is 4.98 Å². The number of primary amides is 1. The van der Waals surface area contributed by atoms with Gasteiger partial charge in [-0.2, -0.15) is 9.97 Å². The van der Waals surface area contributed by atoms with E-state index in [0.29, 0.717) is 29.3 Å². The van der Waals surface area contributed by atoms with Crippen LogP contribution in [-0.4, -0.2) is 44.2 Å². The lowest BCUT2D eigenvalue weighted by atomic mass is 9.88. The third-order valence-electron chi connectivity index (χ3n) is 6.16. The number of nitrogens with two attached hydrogens (primary N) is 1. The van der Waals surface area contributed by atoms with Gasteiger partial charge in [0.15, 0.2) is 11.5 Å². The van der Waals surface area contributed by atoms with Crippen LogP contribution in [0.25, 0.3) is 11.2 Å². The lowest BCUT2D eigenvalue weighted by molar-refractivity contribution is -0.125. The summed E-state index contributed by atoms with van der Waals surface area (Å²) in [6.07, 6.45) is 7.10. The number of rotatable bonds is 8. The highest BCUT2D eigenvalue weighted by atomic mass is 16.2. The Bertz CT molecular complexity index is 1250. The molecule has 11 nitrogen and oxygen atoms in total. The van der Waals surface area contributed by atoms with Crippen molar-refractivity contribution in [2.45, 2.75) is 18.9 Å². The molecule has 33 heavy (non-hydrogen) atoms. The van der Waals surface area contributed by atoms with Crippen molar-refractivity contribution in [3.8, 4) is 0 Å². The molecular formula is C22H22N8O3. The van der Waals surface area contributed by atoms with E-state index in [2.05, 4.69) is 48.0 Å². The van der Waals surface area contributed by atoms with Gasteiger partial charge in [-0.3, -0.25) is 19.7 Å². The summed E-state index contributed by atoms with van der Waals surface area (Å²) in [4.78, 5) is 50.4. The normalized spacial score (nSPS) is 22.9. The highest BCUT2D eigenvalue weighted by Crippen LogP contribution is 2.45. The van der Waals surface area contributed by atoms with Crippen molar-refractivity contribution >= 4 is 46.8 Å². The van der Waals surface area contributed by atoms with Crippen LogP contribution in [0.2, 0.25) is 0 Å². The Morgan fingerprint density at radius 2 is 1.94 bits per heavy atom. The van der Waals surface area contributed by atoms with E-state index in [1.807, 2.05) is 0 Å². The number of aromatic nitrogens is 4. The molecule has 4 atom stereocenters. The number of anilines is 3. The van der Waals surface area contributed by atoms with Crippen molar-refractivity contribution < 1.29 is 14.4 Å². The average molecular weight is 446 g/mol. The third-order valence-corrected chi connectivity index (χ3v) is 6.16. The second-order valence-corrected chi connectivity index (χ2v) is 8.23. The molecule has 0 saturated heterocycles. The van der Waals surface area contributed by atoms with Gasteiger partial charge in [0.25, 0.3) is 0 Å². The number of carbonyl (C=O) groups is 3. The summed E-state index contributed by atoms with van der Waals surface area (Å²) in [6, 6.07) is 6.98. The zero-order valence-corrected chi connectivity index (χ0v) is 17.5. The summed E-state index contributed by atoms with van der Waals surface area (Å²) in [5.74, 6) is 0.210. The zero-order chi connectivity index (χ0) is 22.9. The Kier molecular flexibility index (Phi) is 5.21. The van der Waals surface area contributed by atoms with Crippen molar-refractivity contribution in [2.75, 3.05) is 10.6 Å². The van der Waals surface area contributed by atoms with Crippen LogP contribution < -0.4 is 21.7 Å². The molecule has 1 aromatic carbocycles. The predicted molar refractivity (Wildman–Crippen MR) is 120 cm³/mol. The lowest BCUT2D eigenvalue weighted by Gasteiger charge is -2.27. The van der Waals surface area contributed by atoms with Gasteiger partial charge in [0.1, 0.15) is 5.52 Å². The van der Waals surface area contributed by atoms with Crippen LogP contribution in [0.15, 0.2) is 42.7 Å². The van der Waals surface area contributed by atoms with E-state index in [-0.39, 0.29) is 42.0 Å². The Balaban J connectivity index is 1.37. The van der Waals surface area contributed by atoms with Crippen LogP contribution >= 0.6 is 0 Å². The first-order valence-corrected chi connectivity index (χ1v) is 10.6. The van der Waals surface area contributed by atoms with Crippen LogP contribution in [0.5, 0.6) is 0 Å². The van der Waals surface area contributed by atoms with Gasteiger partial charge >= 0.3 is 0 Å². The Labute approximate surface area is 188 Å². The molecule has 2 aromatic heterocycles. The fourth-order valence-corrected chi connectivity index (χ4v) is 4.69. The second kappa shape index (κ2) is 8.34. The van der Waals surface area contributed by atoms with Crippen molar-refractivity contribution in [1.29, 1.82) is 0 Å². The molecule has 4 unspecified atom stereocenters. The van der Waals surface area contributed by atoms with E-state index in [0.717, 1.165) is 17.7 Å². The average Bonchev–Trinajstić information content (AvgIpc) is 3.51. The molecule has 2 bridgehead atoms. The summed E-state index contributed by atoms with van der Waals surface area (Å²) >= 11 is 0. The number of hydrogen-bond acceptors (Lipinski definition) is 8. The molecule has 5 rings (SSSR count). The third kappa shape index (κ3) is 4.00. The molecule has 2 aliphatic carbocycles. The predicted octanol–water partition coefficient (Wildman–Crippen LogP) is 1.000. The molecule has 0 aliphatic heterocycles. The number of amides is 3. The molecule has 0 spiro atoms. The number of benzene rings is 1. The number of carbonyl (C=O) groups excluding carboxylic acids is 3. The van der Waals surface area contributed by atoms with E-state index in [1.54, 1.807) is 30.6 Å². The molecule has 0 radical (unpaired) electrons. The number of hydrogen-bond donors (Lipinski definition) is 5. The topological polar surface area (TPSA) is 168 Å². The SMILES string of the molecule is NC(=O)C1C2C=CC(C2)C1Nc1nc(Nc2ccc(CC(=O)NC=O)cc2)nc2[nH]cnc12. The highest BCUT2D eigenvalue weighted by Gasteiger charge is 2.47. The fraction of sp³-hybridized carbons (Fsp3) is 0.273. The fourth-order valence-electron chi connectivity index (χ4n) is 4.69. The zero-order valence-electron chi connectivity index (χ0n) is 17.5. The van der Waals surface area contributed by atoms with Crippen LogP contribution in [0.1, 0.15) is 12.0 Å². The summed E-state index contributed by atoms with van der Waals surface area (Å²) in [5, 5.41) is 8.67. The second-order valence-electron chi connectivity index (χ2n) is 8.23. The van der Waals surface area contributed by atoms with Crippen LogP contribution in [0.4, 0.5) is 17.5 Å². The molecule has 11 heteroatoms. The van der Waals surface area contributed by atoms with Crippen molar-refractivity contribution in [3.05, 3.63) is 48.3 Å². The van der Waals surface area contributed by atoms with E-state index in [4.69, 9.17) is 5.73 Å². The maximum atomic E-state index is 12.1. The molecule has 1 saturated carbocycles. The number of H-pyrrole nitrogens is 1. The van der Waals surface area contributed by atoms with Gasteiger partial charge in [0.2, 0.25) is 24.2 Å². The number of nitrogens with one attached hydrogen (secondary N) is 4. The van der Waals surface area contributed by atoms with Gasteiger partial charge in [-0.1, -0.05) is 24.3 Å². The standard InChI is InChI=1S/C22H22N8O3/c23-19(33)16-12-3-4-13(8-12)17(16)28-21-18-20(25-9-24-18)29-22(30-21)27-14-5-1-11(2-6-14)7-15(32)26-10-31/h1-6,9-10,12-13,16-17H,7-8H2,(H2,23,33)(H,26,31,32)(H3,24,25,27,28,29,30). The molecule has 168 valence electrons. The quantitative estimate of drug-likeness (QED) is 0.252. The van der Waals surface area contributed by atoms with Gasteiger partial charge in [0, 0.05) is 11.7 Å². The molecule has 3 aromatic rings. The van der Waals surface area contributed by atoms with Crippen molar-refractivity contribution in [3.63, 3.8) is 0 Å². The summed E-state index contributed by atoms with van der Waals surface area (Å²) in [7, 11) is 0. The maximum absolute atomic E-state index is 12.1. The number of allylic oxidation sites excluding steroid dienone is 1. The lowest BCUT2D eigenvalue weighted by Crippen LogP contribution is -2.41. The summed E-state index contributed by atoms with van der Waals surface area (Å²) < 4.78 is 0. The number of imidazole rings is 1. The largest absolute Gasteiger partial charge is 0.369 e. The number of nitrogens with zero attached hydrogens (tertiary/aromatic N) is 3. The Morgan fingerprint density at radius 1 is 1.15 bits per heavy atom. The van der Waals surface area contributed by atoms with Gasteiger partial charge in [-0.05, 0) is 36.0 Å². The van der Waals surface area contributed by atoms with Crippen molar-refractivity contribution in [2.24, 2.45) is 23.5 Å². The number of fused-ring (bicyclic) bond motifs is 3. The van der Waals surface area contributed by atoms with Gasteiger partial charge in [-0.15, -0.1) is 0 Å². The van der Waals surface area contributed by atoms with E-state index < -0.39 is 0 Å². The van der Waals surface area contributed by atoms with Gasteiger partial charge in [0.05, 0.1) is 18.7 Å². The maximum Gasteiger partial charge on any atom is 0.231 e. The van der Waals surface area contributed by atoms with Gasteiger partial charge < -0.3 is 21.4 Å². The van der Waals surface area contributed by atoms with Crippen molar-refractivity contribution in [1.82, 2.24) is 25.3 Å². The number of imide groups is 1. The van der Waals surface area contributed by atoms with E-state index >= 15 is 0 Å². The smallest absolute Gasteiger partial charge is 0.231 e. The first-order valence-electron chi connectivity index (χ1n) is 10.6. The minimum absolute atomic E-state index is 0.0999. The first-order chi connectivity index (χ1) is 16.0. The molecule has 6 N–H and O–H groups in total. The first kappa shape index (κ1) is 20.6. The van der Waals surface area contributed by atoms with E-state index in [1.165, 1.54) is 0 Å². The Morgan fingerprint density at radius 3 is 2.70 bits per heavy atom.